The van der Waals surface area contributed by atoms with E-state index in [1.165, 1.54) is 13.8 Å². The van der Waals surface area contributed by atoms with Crippen molar-refractivity contribution in [2.24, 2.45) is 0 Å². The van der Waals surface area contributed by atoms with Crippen molar-refractivity contribution in [2.75, 3.05) is 6.54 Å². The molecule has 0 saturated heterocycles. The van der Waals surface area contributed by atoms with Gasteiger partial charge in [0.1, 0.15) is 0 Å². The monoisotopic (exact) mass is 229 g/mol. The van der Waals surface area contributed by atoms with Gasteiger partial charge in [-0.15, -0.1) is 0 Å². The van der Waals surface area contributed by atoms with Crippen LogP contribution in [0.5, 0.6) is 0 Å². The van der Waals surface area contributed by atoms with E-state index < -0.39 is 0 Å². The quantitative estimate of drug-likeness (QED) is 0.488. The average Bonchev–Trinajstić information content (AvgIpc) is 2.29. The maximum atomic E-state index is 11.0. The second-order valence-electron chi connectivity index (χ2n) is 3.67. The number of amides is 1. The molecule has 3 heteroatoms. The van der Waals surface area contributed by atoms with E-state index in [-0.39, 0.29) is 11.7 Å². The average molecular weight is 229 g/mol. The first-order valence-electron chi connectivity index (χ1n) is 5.44. The van der Waals surface area contributed by atoms with Crippen LogP contribution in [0.1, 0.15) is 36.2 Å². The number of Topliss-reactive ketones (excluding diaryl/α,β-unsaturated/α-hetero) is 1. The maximum Gasteiger partial charge on any atom is 0.216 e. The van der Waals surface area contributed by atoms with Gasteiger partial charge in [0.15, 0.2) is 5.78 Å². The number of hydrogen-bond acceptors (Lipinski definition) is 2. The molecule has 3 nitrogen and oxygen atoms in total. The predicted molar refractivity (Wildman–Crippen MR) is 66.6 cm³/mol. The zero-order chi connectivity index (χ0) is 12.7. The first-order chi connectivity index (χ1) is 8.09. The van der Waals surface area contributed by atoms with E-state index in [4.69, 9.17) is 0 Å². The molecule has 0 fully saturated rings. The second kappa shape index (κ2) is 6.49. The van der Waals surface area contributed by atoms with E-state index >= 15 is 0 Å². The molecule has 0 aromatic heterocycles. The first-order valence-corrected chi connectivity index (χ1v) is 5.44. The highest BCUT2D eigenvalue weighted by Crippen LogP contribution is 2.03. The summed E-state index contributed by atoms with van der Waals surface area (Å²) in [7, 11) is 0. The smallest absolute Gasteiger partial charge is 0.216 e. The fourth-order valence-corrected chi connectivity index (χ4v) is 1.25. The van der Waals surface area contributed by atoms with Crippen LogP contribution in [0.25, 0.3) is 0 Å². The number of rotatable bonds is 3. The van der Waals surface area contributed by atoms with Crippen LogP contribution in [0.15, 0.2) is 24.3 Å². The molecule has 0 aliphatic rings. The van der Waals surface area contributed by atoms with Crippen molar-refractivity contribution in [3.05, 3.63) is 35.4 Å². The summed E-state index contributed by atoms with van der Waals surface area (Å²) in [6.45, 7) is 3.58. The van der Waals surface area contributed by atoms with Gasteiger partial charge in [-0.25, -0.2) is 0 Å². The number of carbonyl (C=O) groups is 2. The highest BCUT2D eigenvalue weighted by molar-refractivity contribution is 5.94. The third-order valence-electron chi connectivity index (χ3n) is 2.15. The molecule has 0 aliphatic heterocycles. The molecule has 88 valence electrons. The third kappa shape index (κ3) is 4.98. The number of carbonyl (C=O) groups excluding carboxylic acids is 2. The van der Waals surface area contributed by atoms with E-state index in [1.807, 2.05) is 12.1 Å². The summed E-state index contributed by atoms with van der Waals surface area (Å²) in [6, 6.07) is 7.17. The van der Waals surface area contributed by atoms with Gasteiger partial charge >= 0.3 is 0 Å². The van der Waals surface area contributed by atoms with Gasteiger partial charge in [0.05, 0.1) is 0 Å². The fourth-order valence-electron chi connectivity index (χ4n) is 1.25. The van der Waals surface area contributed by atoms with Gasteiger partial charge in [0, 0.05) is 31.0 Å². The van der Waals surface area contributed by atoms with Gasteiger partial charge in [-0.1, -0.05) is 24.0 Å². The minimum absolute atomic E-state index is 0.0439. The van der Waals surface area contributed by atoms with Crippen molar-refractivity contribution in [3.8, 4) is 11.8 Å². The molecule has 1 aromatic carbocycles. The zero-order valence-corrected chi connectivity index (χ0v) is 10.0. The van der Waals surface area contributed by atoms with Crippen LogP contribution in [0.3, 0.4) is 0 Å². The lowest BCUT2D eigenvalue weighted by atomic mass is 10.1. The predicted octanol–water partition coefficient (Wildman–Crippen LogP) is 1.77. The van der Waals surface area contributed by atoms with E-state index in [1.54, 1.807) is 12.1 Å². The van der Waals surface area contributed by atoms with E-state index in [9.17, 15) is 9.59 Å². The Labute approximate surface area is 101 Å². The molecule has 0 bridgehead atoms. The third-order valence-corrected chi connectivity index (χ3v) is 2.15. The Morgan fingerprint density at radius 2 is 1.82 bits per heavy atom. The molecule has 1 N–H and O–H groups in total. The summed E-state index contributed by atoms with van der Waals surface area (Å²) in [5.41, 5.74) is 1.56. The molecule has 0 saturated carbocycles. The molecule has 0 atom stereocenters. The summed E-state index contributed by atoms with van der Waals surface area (Å²) in [4.78, 5) is 21.6. The first kappa shape index (κ1) is 13.0. The molecule has 0 unspecified atom stereocenters. The Kier molecular flexibility index (Phi) is 4.96. The molecule has 1 amide bonds. The molecule has 0 heterocycles. The van der Waals surface area contributed by atoms with E-state index in [2.05, 4.69) is 17.2 Å². The Morgan fingerprint density at radius 3 is 2.35 bits per heavy atom. The maximum absolute atomic E-state index is 11.0. The van der Waals surface area contributed by atoms with Crippen molar-refractivity contribution >= 4 is 11.7 Å². The summed E-state index contributed by atoms with van der Waals surface area (Å²) < 4.78 is 0. The Morgan fingerprint density at radius 1 is 1.18 bits per heavy atom. The van der Waals surface area contributed by atoms with Crippen molar-refractivity contribution in [1.82, 2.24) is 5.32 Å². The van der Waals surface area contributed by atoms with Gasteiger partial charge in [-0.05, 0) is 19.1 Å². The largest absolute Gasteiger partial charge is 0.355 e. The second-order valence-corrected chi connectivity index (χ2v) is 3.67. The summed E-state index contributed by atoms with van der Waals surface area (Å²) in [6.07, 6.45) is 0.619. The van der Waals surface area contributed by atoms with E-state index in [0.29, 0.717) is 18.5 Å². The van der Waals surface area contributed by atoms with Gasteiger partial charge in [-0.2, -0.15) is 0 Å². The topological polar surface area (TPSA) is 46.2 Å². The minimum atomic E-state index is -0.0439. The van der Waals surface area contributed by atoms with Crippen LogP contribution in [-0.4, -0.2) is 18.2 Å². The lowest BCUT2D eigenvalue weighted by Gasteiger charge is -1.96. The summed E-state index contributed by atoms with van der Waals surface area (Å²) >= 11 is 0. The van der Waals surface area contributed by atoms with Crippen LogP contribution < -0.4 is 5.32 Å². The SMILES string of the molecule is CC(=O)NCCC#Cc1ccc(C(C)=O)cc1. The highest BCUT2D eigenvalue weighted by Gasteiger charge is 1.96. The molecule has 0 radical (unpaired) electrons. The Balaban J connectivity index is 2.49. The van der Waals surface area contributed by atoms with Crippen LogP contribution in [0, 0.1) is 11.8 Å². The van der Waals surface area contributed by atoms with Crippen LogP contribution in [0.4, 0.5) is 0 Å². The van der Waals surface area contributed by atoms with Gasteiger partial charge in [-0.3, -0.25) is 9.59 Å². The molecule has 17 heavy (non-hydrogen) atoms. The van der Waals surface area contributed by atoms with Crippen LogP contribution in [-0.2, 0) is 4.79 Å². The van der Waals surface area contributed by atoms with Crippen LogP contribution >= 0.6 is 0 Å². The number of benzene rings is 1. The van der Waals surface area contributed by atoms with E-state index in [0.717, 1.165) is 5.56 Å². The normalized spacial score (nSPS) is 9.06. The van der Waals surface area contributed by atoms with Crippen molar-refractivity contribution < 1.29 is 9.59 Å². The molecule has 0 aliphatic carbocycles. The minimum Gasteiger partial charge on any atom is -0.355 e. The van der Waals surface area contributed by atoms with Gasteiger partial charge in [0.2, 0.25) is 5.91 Å². The van der Waals surface area contributed by atoms with Crippen molar-refractivity contribution in [1.29, 1.82) is 0 Å². The summed E-state index contributed by atoms with van der Waals surface area (Å²) in [5, 5.41) is 2.67. The molecule has 0 spiro atoms. The standard InChI is InChI=1S/C14H15NO2/c1-11(16)14-8-6-13(7-9-14)5-3-4-10-15-12(2)17/h6-9H,4,10H2,1-2H3,(H,15,17). The lowest BCUT2D eigenvalue weighted by molar-refractivity contribution is -0.118. The number of nitrogens with one attached hydrogen (secondary N) is 1. The van der Waals surface area contributed by atoms with Crippen molar-refractivity contribution in [3.63, 3.8) is 0 Å². The Hall–Kier alpha value is -2.08. The molecular weight excluding hydrogens is 214 g/mol. The molecular formula is C14H15NO2. The Bertz CT molecular complexity index is 463. The molecule has 1 rings (SSSR count). The van der Waals surface area contributed by atoms with Crippen LogP contribution in [0.2, 0.25) is 0 Å². The molecule has 1 aromatic rings. The highest BCUT2D eigenvalue weighted by atomic mass is 16.1. The summed E-state index contributed by atoms with van der Waals surface area (Å²) in [5.74, 6) is 5.94. The van der Waals surface area contributed by atoms with Gasteiger partial charge in [0.25, 0.3) is 0 Å². The lowest BCUT2D eigenvalue weighted by Crippen LogP contribution is -2.20. The fraction of sp³-hybridized carbons (Fsp3) is 0.286. The van der Waals surface area contributed by atoms with Gasteiger partial charge < -0.3 is 5.32 Å². The van der Waals surface area contributed by atoms with Crippen molar-refractivity contribution in [2.45, 2.75) is 20.3 Å². The zero-order valence-electron chi connectivity index (χ0n) is 10.0. The number of ketones is 1. The number of hydrogen-bond donors (Lipinski definition) is 1.